The second kappa shape index (κ2) is 9.28. The minimum atomic E-state index is -0.157. The van der Waals surface area contributed by atoms with Gasteiger partial charge in [0.15, 0.2) is 5.82 Å². The molecule has 1 amide bonds. The van der Waals surface area contributed by atoms with Crippen molar-refractivity contribution in [2.75, 3.05) is 26.4 Å². The van der Waals surface area contributed by atoms with Crippen LogP contribution in [-0.4, -0.2) is 47.4 Å². The van der Waals surface area contributed by atoms with Crippen LogP contribution in [0.2, 0.25) is 0 Å². The van der Waals surface area contributed by atoms with E-state index in [9.17, 15) is 4.79 Å². The summed E-state index contributed by atoms with van der Waals surface area (Å²) in [6.07, 6.45) is 4.94. The molecule has 2 aromatic heterocycles. The fourth-order valence-electron chi connectivity index (χ4n) is 2.70. The van der Waals surface area contributed by atoms with Crippen molar-refractivity contribution in [3.05, 3.63) is 35.6 Å². The third-order valence-electron chi connectivity index (χ3n) is 4.23. The zero-order valence-corrected chi connectivity index (χ0v) is 14.9. The van der Waals surface area contributed by atoms with E-state index in [2.05, 4.69) is 20.4 Å². The highest BCUT2D eigenvalue weighted by Crippen LogP contribution is 2.16. The number of nitrogens with one attached hydrogen (secondary N) is 1. The Balaban J connectivity index is 1.37. The molecule has 1 aliphatic rings. The molecule has 0 aliphatic carbocycles. The van der Waals surface area contributed by atoms with Crippen LogP contribution in [0.4, 0.5) is 0 Å². The quantitative estimate of drug-likeness (QED) is 0.718. The highest BCUT2D eigenvalue weighted by Gasteiger charge is 2.15. The van der Waals surface area contributed by atoms with Crippen molar-refractivity contribution < 1.29 is 18.8 Å². The van der Waals surface area contributed by atoms with E-state index >= 15 is 0 Å². The zero-order chi connectivity index (χ0) is 18.2. The molecule has 3 rings (SSSR count). The molecule has 2 aromatic rings. The van der Waals surface area contributed by atoms with E-state index in [0.29, 0.717) is 48.6 Å². The van der Waals surface area contributed by atoms with Crippen LogP contribution in [0.5, 0.6) is 5.88 Å². The van der Waals surface area contributed by atoms with Crippen LogP contribution in [0, 0.1) is 12.8 Å². The highest BCUT2D eigenvalue weighted by atomic mass is 16.5. The predicted octanol–water partition coefficient (Wildman–Crippen LogP) is 1.94. The van der Waals surface area contributed by atoms with Gasteiger partial charge in [0.05, 0.1) is 12.2 Å². The van der Waals surface area contributed by atoms with Gasteiger partial charge in [0, 0.05) is 38.4 Å². The van der Waals surface area contributed by atoms with Crippen LogP contribution in [0.25, 0.3) is 0 Å². The van der Waals surface area contributed by atoms with Gasteiger partial charge < -0.3 is 19.3 Å². The molecule has 0 bridgehead atoms. The number of carbonyl (C=O) groups excluding carboxylic acids is 1. The van der Waals surface area contributed by atoms with Crippen molar-refractivity contribution in [1.82, 2.24) is 20.4 Å². The molecule has 1 aliphatic heterocycles. The Morgan fingerprint density at radius 3 is 2.88 bits per heavy atom. The molecule has 0 spiro atoms. The maximum absolute atomic E-state index is 12.1. The smallest absolute Gasteiger partial charge is 0.252 e. The summed E-state index contributed by atoms with van der Waals surface area (Å²) in [4.78, 5) is 20.5. The van der Waals surface area contributed by atoms with Gasteiger partial charge in [0.25, 0.3) is 5.91 Å². The number of amides is 1. The second-order valence-corrected chi connectivity index (χ2v) is 6.35. The fraction of sp³-hybridized carbons (Fsp3) is 0.556. The number of rotatable bonds is 8. The summed E-state index contributed by atoms with van der Waals surface area (Å²) in [7, 11) is 0. The maximum Gasteiger partial charge on any atom is 0.252 e. The highest BCUT2D eigenvalue weighted by molar-refractivity contribution is 5.93. The van der Waals surface area contributed by atoms with Gasteiger partial charge in [-0.15, -0.1) is 0 Å². The van der Waals surface area contributed by atoms with E-state index in [1.165, 1.54) is 6.20 Å². The lowest BCUT2D eigenvalue weighted by Crippen LogP contribution is -2.25. The van der Waals surface area contributed by atoms with Crippen molar-refractivity contribution >= 4 is 5.91 Å². The second-order valence-electron chi connectivity index (χ2n) is 6.35. The lowest BCUT2D eigenvalue weighted by molar-refractivity contribution is 0.0490. The molecule has 0 aromatic carbocycles. The molecular weight excluding hydrogens is 336 g/mol. The zero-order valence-electron chi connectivity index (χ0n) is 14.9. The molecule has 3 heterocycles. The van der Waals surface area contributed by atoms with E-state index < -0.39 is 0 Å². The minimum Gasteiger partial charge on any atom is -0.477 e. The molecule has 0 atom stereocenters. The fourth-order valence-corrected chi connectivity index (χ4v) is 2.70. The number of nitrogens with zero attached hydrogens (tertiary/aromatic N) is 3. The number of ether oxygens (including phenoxy) is 2. The summed E-state index contributed by atoms with van der Waals surface area (Å²) >= 11 is 0. The van der Waals surface area contributed by atoms with Crippen molar-refractivity contribution in [3.8, 4) is 5.88 Å². The monoisotopic (exact) mass is 360 g/mol. The average Bonchev–Trinajstić information content (AvgIpc) is 3.10. The normalized spacial score (nSPS) is 15.0. The molecule has 1 fully saturated rings. The van der Waals surface area contributed by atoms with Gasteiger partial charge in [-0.2, -0.15) is 4.98 Å². The van der Waals surface area contributed by atoms with Crippen molar-refractivity contribution in [1.29, 1.82) is 0 Å². The minimum absolute atomic E-state index is 0.157. The summed E-state index contributed by atoms with van der Waals surface area (Å²) in [6.45, 7) is 4.54. The van der Waals surface area contributed by atoms with Crippen LogP contribution in [0.1, 0.15) is 41.3 Å². The SMILES string of the molecule is Cc1noc(CCCNC(=O)c2ccc(OCC3CCOCC3)nc2)n1. The first-order valence-electron chi connectivity index (χ1n) is 8.94. The van der Waals surface area contributed by atoms with Crippen LogP contribution < -0.4 is 10.1 Å². The number of hydrogen-bond acceptors (Lipinski definition) is 7. The van der Waals surface area contributed by atoms with Crippen molar-refractivity contribution in [2.24, 2.45) is 5.92 Å². The lowest BCUT2D eigenvalue weighted by Gasteiger charge is -2.21. The Morgan fingerprint density at radius 1 is 1.35 bits per heavy atom. The molecule has 0 radical (unpaired) electrons. The standard InChI is InChI=1S/C18H24N4O4/c1-13-21-17(26-22-13)3-2-8-19-18(23)15-4-5-16(20-11-15)25-12-14-6-9-24-10-7-14/h4-5,11,14H,2-3,6-10,12H2,1H3,(H,19,23). The largest absolute Gasteiger partial charge is 0.477 e. The van der Waals surface area contributed by atoms with E-state index in [4.69, 9.17) is 14.0 Å². The molecule has 8 heteroatoms. The third kappa shape index (κ3) is 5.52. The summed E-state index contributed by atoms with van der Waals surface area (Å²) in [5, 5.41) is 6.59. The van der Waals surface area contributed by atoms with Crippen LogP contribution >= 0.6 is 0 Å². The van der Waals surface area contributed by atoms with E-state index in [1.54, 1.807) is 19.1 Å². The lowest BCUT2D eigenvalue weighted by atomic mass is 10.0. The van der Waals surface area contributed by atoms with Gasteiger partial charge in [-0.05, 0) is 38.2 Å². The number of aryl methyl sites for hydroxylation is 2. The van der Waals surface area contributed by atoms with Crippen molar-refractivity contribution in [3.63, 3.8) is 0 Å². The number of pyridine rings is 1. The van der Waals surface area contributed by atoms with Gasteiger partial charge in [-0.25, -0.2) is 4.98 Å². The average molecular weight is 360 g/mol. The van der Waals surface area contributed by atoms with E-state index in [-0.39, 0.29) is 5.91 Å². The van der Waals surface area contributed by atoms with Gasteiger partial charge in [0.1, 0.15) is 0 Å². The van der Waals surface area contributed by atoms with Crippen LogP contribution in [0.15, 0.2) is 22.9 Å². The number of hydrogen-bond donors (Lipinski definition) is 1. The molecular formula is C18H24N4O4. The van der Waals surface area contributed by atoms with Gasteiger partial charge in [-0.1, -0.05) is 5.16 Å². The number of aromatic nitrogens is 3. The molecule has 8 nitrogen and oxygen atoms in total. The Hall–Kier alpha value is -2.48. The summed E-state index contributed by atoms with van der Waals surface area (Å²) in [5.74, 6) is 2.10. The summed E-state index contributed by atoms with van der Waals surface area (Å²) in [5.41, 5.74) is 0.511. The maximum atomic E-state index is 12.1. The van der Waals surface area contributed by atoms with Crippen LogP contribution in [0.3, 0.4) is 0 Å². The first kappa shape index (κ1) is 18.3. The molecule has 1 N–H and O–H groups in total. The Morgan fingerprint density at radius 2 is 2.19 bits per heavy atom. The molecule has 140 valence electrons. The molecule has 1 saturated heterocycles. The summed E-state index contributed by atoms with van der Waals surface area (Å²) in [6, 6.07) is 3.46. The van der Waals surface area contributed by atoms with Gasteiger partial charge in [-0.3, -0.25) is 4.79 Å². The predicted molar refractivity (Wildman–Crippen MR) is 93.0 cm³/mol. The first-order valence-corrected chi connectivity index (χ1v) is 8.94. The third-order valence-corrected chi connectivity index (χ3v) is 4.23. The number of carbonyl (C=O) groups is 1. The summed E-state index contributed by atoms with van der Waals surface area (Å²) < 4.78 is 16.1. The topological polar surface area (TPSA) is 99.4 Å². The van der Waals surface area contributed by atoms with Gasteiger partial charge in [0.2, 0.25) is 11.8 Å². The first-order chi connectivity index (χ1) is 12.7. The Labute approximate surface area is 152 Å². The molecule has 0 unspecified atom stereocenters. The Kier molecular flexibility index (Phi) is 6.54. The van der Waals surface area contributed by atoms with Gasteiger partial charge >= 0.3 is 0 Å². The van der Waals surface area contributed by atoms with E-state index in [0.717, 1.165) is 32.5 Å². The molecule has 26 heavy (non-hydrogen) atoms. The van der Waals surface area contributed by atoms with Crippen LogP contribution in [-0.2, 0) is 11.2 Å². The van der Waals surface area contributed by atoms with Crippen molar-refractivity contribution in [2.45, 2.75) is 32.6 Å². The van der Waals surface area contributed by atoms with E-state index in [1.807, 2.05) is 0 Å². The Bertz CT molecular complexity index is 695. The molecule has 0 saturated carbocycles.